The van der Waals surface area contributed by atoms with Gasteiger partial charge >= 0.3 is 0 Å². The van der Waals surface area contributed by atoms with Crippen LogP contribution in [0.15, 0.2) is 42.7 Å². The van der Waals surface area contributed by atoms with Crippen LogP contribution in [0.1, 0.15) is 24.0 Å². The second-order valence-corrected chi connectivity index (χ2v) is 5.24. The summed E-state index contributed by atoms with van der Waals surface area (Å²) >= 11 is 0. The van der Waals surface area contributed by atoms with E-state index in [1.165, 1.54) is 19.0 Å². The van der Waals surface area contributed by atoms with Gasteiger partial charge in [-0.1, -0.05) is 12.1 Å². The largest absolute Gasteiger partial charge is 0.364 e. The molecular formula is C16H18FN3. The molecule has 3 nitrogen and oxygen atoms in total. The summed E-state index contributed by atoms with van der Waals surface area (Å²) in [6.45, 7) is 1.24. The van der Waals surface area contributed by atoms with E-state index >= 15 is 0 Å². The summed E-state index contributed by atoms with van der Waals surface area (Å²) in [6, 6.07) is 10.4. The smallest absolute Gasteiger partial charge is 0.141 e. The van der Waals surface area contributed by atoms with Crippen LogP contribution >= 0.6 is 0 Å². The third kappa shape index (κ3) is 2.96. The first-order valence-corrected chi connectivity index (χ1v) is 6.91. The van der Waals surface area contributed by atoms with Crippen LogP contribution in [0, 0.1) is 5.82 Å². The number of anilines is 1. The Balaban J connectivity index is 1.81. The maximum Gasteiger partial charge on any atom is 0.141 e. The van der Waals surface area contributed by atoms with E-state index in [0.717, 1.165) is 16.8 Å². The molecule has 1 fully saturated rings. The number of pyridine rings is 1. The summed E-state index contributed by atoms with van der Waals surface area (Å²) in [5, 5.41) is 0. The SMILES string of the molecule is NCc1ccc(N(Cc2cncc(F)c2)C2CC2)cc1. The zero-order chi connectivity index (χ0) is 13.9. The first-order valence-electron chi connectivity index (χ1n) is 6.91. The van der Waals surface area contributed by atoms with E-state index in [-0.39, 0.29) is 5.82 Å². The van der Waals surface area contributed by atoms with Crippen LogP contribution < -0.4 is 10.6 Å². The van der Waals surface area contributed by atoms with E-state index in [1.54, 1.807) is 12.3 Å². The highest BCUT2D eigenvalue weighted by molar-refractivity contribution is 5.50. The van der Waals surface area contributed by atoms with Crippen molar-refractivity contribution in [2.45, 2.75) is 32.0 Å². The molecule has 1 aromatic heterocycles. The average molecular weight is 271 g/mol. The Kier molecular flexibility index (Phi) is 3.65. The highest BCUT2D eigenvalue weighted by Gasteiger charge is 2.29. The molecule has 4 heteroatoms. The van der Waals surface area contributed by atoms with Gasteiger partial charge in [0.15, 0.2) is 0 Å². The molecule has 3 rings (SSSR count). The van der Waals surface area contributed by atoms with E-state index in [0.29, 0.717) is 19.1 Å². The Hall–Kier alpha value is -1.94. The van der Waals surface area contributed by atoms with Gasteiger partial charge in [-0.15, -0.1) is 0 Å². The van der Waals surface area contributed by atoms with Crippen molar-refractivity contribution in [1.82, 2.24) is 4.98 Å². The van der Waals surface area contributed by atoms with Crippen molar-refractivity contribution >= 4 is 5.69 Å². The molecule has 0 radical (unpaired) electrons. The number of nitrogens with two attached hydrogens (primary N) is 1. The lowest BCUT2D eigenvalue weighted by Gasteiger charge is -2.25. The standard InChI is InChI=1S/C16H18FN3/c17-14-7-13(9-19-10-14)11-20(16-5-6-16)15-3-1-12(8-18)2-4-15/h1-4,7,9-10,16H,5-6,8,11,18H2. The van der Waals surface area contributed by atoms with Gasteiger partial charge < -0.3 is 10.6 Å². The van der Waals surface area contributed by atoms with Gasteiger partial charge in [-0.25, -0.2) is 4.39 Å². The van der Waals surface area contributed by atoms with Crippen LogP contribution in [-0.4, -0.2) is 11.0 Å². The van der Waals surface area contributed by atoms with Gasteiger partial charge in [-0.05, 0) is 42.2 Å². The summed E-state index contributed by atoms with van der Waals surface area (Å²) in [5.74, 6) is -0.281. The third-order valence-electron chi connectivity index (χ3n) is 3.61. The number of aromatic nitrogens is 1. The highest BCUT2D eigenvalue weighted by Crippen LogP contribution is 2.33. The fourth-order valence-corrected chi connectivity index (χ4v) is 2.38. The van der Waals surface area contributed by atoms with Crippen molar-refractivity contribution < 1.29 is 4.39 Å². The monoisotopic (exact) mass is 271 g/mol. The van der Waals surface area contributed by atoms with Crippen molar-refractivity contribution in [1.29, 1.82) is 0 Å². The summed E-state index contributed by atoms with van der Waals surface area (Å²) in [5.41, 5.74) is 8.81. The Morgan fingerprint density at radius 2 is 1.90 bits per heavy atom. The van der Waals surface area contributed by atoms with Gasteiger partial charge in [0.25, 0.3) is 0 Å². The lowest BCUT2D eigenvalue weighted by atomic mass is 10.1. The number of hydrogen-bond acceptors (Lipinski definition) is 3. The molecule has 1 aliphatic rings. The molecule has 0 aliphatic heterocycles. The molecule has 0 bridgehead atoms. The molecule has 2 aromatic rings. The Morgan fingerprint density at radius 1 is 1.15 bits per heavy atom. The molecule has 1 saturated carbocycles. The third-order valence-corrected chi connectivity index (χ3v) is 3.61. The Bertz CT molecular complexity index is 579. The molecule has 0 atom stereocenters. The molecule has 1 aromatic carbocycles. The van der Waals surface area contributed by atoms with E-state index in [1.807, 2.05) is 0 Å². The molecular weight excluding hydrogens is 253 g/mol. The topological polar surface area (TPSA) is 42.1 Å². The predicted molar refractivity (Wildman–Crippen MR) is 77.7 cm³/mol. The minimum atomic E-state index is -0.281. The van der Waals surface area contributed by atoms with Crippen molar-refractivity contribution in [2.24, 2.45) is 5.73 Å². The summed E-state index contributed by atoms with van der Waals surface area (Å²) in [7, 11) is 0. The van der Waals surface area contributed by atoms with Gasteiger partial charge in [0.05, 0.1) is 6.20 Å². The molecule has 20 heavy (non-hydrogen) atoms. The minimum Gasteiger partial charge on any atom is -0.364 e. The predicted octanol–water partition coefficient (Wildman–Crippen LogP) is 2.85. The van der Waals surface area contributed by atoms with Gasteiger partial charge in [0.1, 0.15) is 5.82 Å². The summed E-state index contributed by atoms with van der Waals surface area (Å²) in [4.78, 5) is 6.24. The van der Waals surface area contributed by atoms with E-state index in [9.17, 15) is 4.39 Å². The lowest BCUT2D eigenvalue weighted by Crippen LogP contribution is -2.25. The van der Waals surface area contributed by atoms with Crippen LogP contribution in [0.4, 0.5) is 10.1 Å². The average Bonchev–Trinajstić information content (AvgIpc) is 3.30. The molecule has 1 aliphatic carbocycles. The van der Waals surface area contributed by atoms with Gasteiger partial charge in [0.2, 0.25) is 0 Å². The van der Waals surface area contributed by atoms with Crippen molar-refractivity contribution in [3.05, 3.63) is 59.7 Å². The van der Waals surface area contributed by atoms with Crippen LogP contribution in [0.25, 0.3) is 0 Å². The highest BCUT2D eigenvalue weighted by atomic mass is 19.1. The molecule has 104 valence electrons. The second kappa shape index (κ2) is 5.59. The van der Waals surface area contributed by atoms with Crippen LogP contribution in [0.5, 0.6) is 0 Å². The first-order chi connectivity index (χ1) is 9.76. The van der Waals surface area contributed by atoms with Crippen LogP contribution in [0.3, 0.4) is 0 Å². The Morgan fingerprint density at radius 3 is 2.50 bits per heavy atom. The quantitative estimate of drug-likeness (QED) is 0.909. The number of rotatable bonds is 5. The van der Waals surface area contributed by atoms with E-state index < -0.39 is 0 Å². The lowest BCUT2D eigenvalue weighted by molar-refractivity contribution is 0.617. The maximum atomic E-state index is 13.2. The van der Waals surface area contributed by atoms with Gasteiger partial charge in [-0.3, -0.25) is 4.98 Å². The molecule has 0 amide bonds. The zero-order valence-corrected chi connectivity index (χ0v) is 11.3. The van der Waals surface area contributed by atoms with Gasteiger partial charge in [0, 0.05) is 31.0 Å². The number of halogens is 1. The minimum absolute atomic E-state index is 0.281. The fourth-order valence-electron chi connectivity index (χ4n) is 2.38. The zero-order valence-electron chi connectivity index (χ0n) is 11.3. The normalized spacial score (nSPS) is 14.3. The molecule has 1 heterocycles. The van der Waals surface area contributed by atoms with Crippen molar-refractivity contribution in [2.75, 3.05) is 4.90 Å². The molecule has 0 saturated heterocycles. The summed E-state index contributed by atoms with van der Waals surface area (Å²) in [6.07, 6.45) is 5.36. The van der Waals surface area contributed by atoms with E-state index in [4.69, 9.17) is 5.73 Å². The van der Waals surface area contributed by atoms with Crippen LogP contribution in [0.2, 0.25) is 0 Å². The second-order valence-electron chi connectivity index (χ2n) is 5.24. The van der Waals surface area contributed by atoms with Crippen molar-refractivity contribution in [3.8, 4) is 0 Å². The number of benzene rings is 1. The van der Waals surface area contributed by atoms with Crippen LogP contribution in [-0.2, 0) is 13.1 Å². The maximum absolute atomic E-state index is 13.2. The van der Waals surface area contributed by atoms with Gasteiger partial charge in [-0.2, -0.15) is 0 Å². The molecule has 2 N–H and O–H groups in total. The summed E-state index contributed by atoms with van der Waals surface area (Å²) < 4.78 is 13.2. The van der Waals surface area contributed by atoms with Crippen molar-refractivity contribution in [3.63, 3.8) is 0 Å². The Labute approximate surface area is 118 Å². The fraction of sp³-hybridized carbons (Fsp3) is 0.312. The van der Waals surface area contributed by atoms with E-state index in [2.05, 4.69) is 34.1 Å². The molecule has 0 spiro atoms. The number of hydrogen-bond donors (Lipinski definition) is 1. The first kappa shape index (κ1) is 13.1. The number of nitrogens with zero attached hydrogens (tertiary/aromatic N) is 2. The molecule has 0 unspecified atom stereocenters.